The second kappa shape index (κ2) is 14.7. The van der Waals surface area contributed by atoms with Crippen molar-refractivity contribution in [2.24, 2.45) is 4.99 Å². The topological polar surface area (TPSA) is 58.6 Å². The number of aliphatic imine (C=N–C) groups is 1. The Balaban J connectivity index is 0.00000420. The number of nitrogens with zero attached hydrogens (tertiary/aromatic N) is 3. The molecule has 0 saturated carbocycles. The average Bonchev–Trinajstić information content (AvgIpc) is 2.74. The van der Waals surface area contributed by atoms with E-state index in [0.29, 0.717) is 0 Å². The molecule has 2 rings (SSSR count). The minimum Gasteiger partial charge on any atom is -0.497 e. The molecule has 8 heteroatoms. The maximum atomic E-state index is 5.51. The number of unbranched alkanes of at least 4 members (excludes halogenated alkanes) is 1. The molecular weight excluding hydrogens is 483 g/mol. The molecule has 1 aliphatic heterocycles. The van der Waals surface area contributed by atoms with Gasteiger partial charge in [-0.25, -0.2) is 0 Å². The Bertz CT molecular complexity index is 608. The Hall–Kier alpha value is -1.26. The third kappa shape index (κ3) is 8.55. The van der Waals surface area contributed by atoms with Crippen LogP contribution in [0.3, 0.4) is 0 Å². The number of ether oxygens (including phenoxy) is 3. The summed E-state index contributed by atoms with van der Waals surface area (Å²) in [6, 6.07) is 5.97. The summed E-state index contributed by atoms with van der Waals surface area (Å²) in [5.74, 6) is 2.77. The molecule has 29 heavy (non-hydrogen) atoms. The first-order valence-electron chi connectivity index (χ1n) is 10.2. The van der Waals surface area contributed by atoms with E-state index in [-0.39, 0.29) is 24.0 Å². The van der Waals surface area contributed by atoms with Gasteiger partial charge in [0, 0.05) is 65.1 Å². The third-order valence-corrected chi connectivity index (χ3v) is 4.97. The van der Waals surface area contributed by atoms with Gasteiger partial charge >= 0.3 is 0 Å². The highest BCUT2D eigenvalue weighted by Gasteiger charge is 2.20. The van der Waals surface area contributed by atoms with Gasteiger partial charge in [-0.2, -0.15) is 0 Å². The Morgan fingerprint density at radius 1 is 1.10 bits per heavy atom. The van der Waals surface area contributed by atoms with E-state index in [1.807, 2.05) is 26.1 Å². The van der Waals surface area contributed by atoms with Crippen molar-refractivity contribution in [3.05, 3.63) is 23.8 Å². The second-order valence-electron chi connectivity index (χ2n) is 6.82. The van der Waals surface area contributed by atoms with E-state index < -0.39 is 0 Å². The summed E-state index contributed by atoms with van der Waals surface area (Å²) in [7, 11) is 5.27. The molecule has 7 nitrogen and oxygen atoms in total. The highest BCUT2D eigenvalue weighted by Crippen LogP contribution is 2.25. The fourth-order valence-corrected chi connectivity index (χ4v) is 3.37. The molecule has 0 aromatic heterocycles. The number of benzene rings is 1. The van der Waals surface area contributed by atoms with Crippen LogP contribution in [0, 0.1) is 0 Å². The van der Waals surface area contributed by atoms with E-state index >= 15 is 0 Å². The summed E-state index contributed by atoms with van der Waals surface area (Å²) in [6.07, 6.45) is 2.17. The van der Waals surface area contributed by atoms with E-state index in [4.69, 9.17) is 14.2 Å². The number of nitrogens with one attached hydrogen (secondary N) is 1. The van der Waals surface area contributed by atoms with E-state index in [0.717, 1.165) is 88.3 Å². The van der Waals surface area contributed by atoms with Crippen LogP contribution in [0.15, 0.2) is 23.2 Å². The van der Waals surface area contributed by atoms with Crippen LogP contribution >= 0.6 is 24.0 Å². The van der Waals surface area contributed by atoms with Gasteiger partial charge < -0.3 is 24.4 Å². The summed E-state index contributed by atoms with van der Waals surface area (Å²) >= 11 is 0. The molecule has 0 amide bonds. The first kappa shape index (κ1) is 25.8. The van der Waals surface area contributed by atoms with Gasteiger partial charge in [-0.15, -0.1) is 24.0 Å². The van der Waals surface area contributed by atoms with Gasteiger partial charge in [0.15, 0.2) is 5.96 Å². The second-order valence-corrected chi connectivity index (χ2v) is 6.82. The van der Waals surface area contributed by atoms with Crippen molar-refractivity contribution >= 4 is 29.9 Å². The van der Waals surface area contributed by atoms with Crippen molar-refractivity contribution in [3.63, 3.8) is 0 Å². The molecule has 1 saturated heterocycles. The lowest BCUT2D eigenvalue weighted by Crippen LogP contribution is -2.52. The predicted molar refractivity (Wildman–Crippen MR) is 129 cm³/mol. The highest BCUT2D eigenvalue weighted by atomic mass is 127. The molecule has 0 radical (unpaired) electrons. The molecular formula is C21H37IN4O3. The smallest absolute Gasteiger partial charge is 0.193 e. The molecule has 0 aliphatic carbocycles. The molecule has 0 bridgehead atoms. The van der Waals surface area contributed by atoms with Crippen LogP contribution < -0.4 is 14.8 Å². The molecule has 1 aromatic carbocycles. The molecule has 1 N–H and O–H groups in total. The van der Waals surface area contributed by atoms with E-state index in [1.165, 1.54) is 0 Å². The maximum Gasteiger partial charge on any atom is 0.193 e. The summed E-state index contributed by atoms with van der Waals surface area (Å²) in [5, 5.41) is 3.48. The molecule has 0 spiro atoms. The molecule has 0 atom stereocenters. The van der Waals surface area contributed by atoms with Crippen molar-refractivity contribution in [1.82, 2.24) is 15.1 Å². The van der Waals surface area contributed by atoms with Crippen LogP contribution in [0.25, 0.3) is 0 Å². The lowest BCUT2D eigenvalue weighted by atomic mass is 10.1. The quantitative estimate of drug-likeness (QED) is 0.222. The number of methoxy groups -OCH3 is 2. The van der Waals surface area contributed by atoms with Crippen LogP contribution in [0.4, 0.5) is 0 Å². The van der Waals surface area contributed by atoms with E-state index in [9.17, 15) is 0 Å². The third-order valence-electron chi connectivity index (χ3n) is 4.97. The van der Waals surface area contributed by atoms with Crippen molar-refractivity contribution in [2.45, 2.75) is 26.3 Å². The lowest BCUT2D eigenvalue weighted by Gasteiger charge is -2.36. The Morgan fingerprint density at radius 2 is 1.86 bits per heavy atom. The number of hydrogen-bond donors (Lipinski definition) is 1. The Labute approximate surface area is 192 Å². The van der Waals surface area contributed by atoms with Gasteiger partial charge in [0.25, 0.3) is 0 Å². The van der Waals surface area contributed by atoms with Crippen LogP contribution in [0.2, 0.25) is 0 Å². The molecule has 0 unspecified atom stereocenters. The van der Waals surface area contributed by atoms with Crippen LogP contribution in [0.1, 0.15) is 25.3 Å². The summed E-state index contributed by atoms with van der Waals surface area (Å²) in [5.41, 5.74) is 1.16. The largest absolute Gasteiger partial charge is 0.497 e. The number of rotatable bonds is 10. The Kier molecular flexibility index (Phi) is 13.0. The number of piperazine rings is 1. The normalized spacial score (nSPS) is 15.0. The van der Waals surface area contributed by atoms with Crippen molar-refractivity contribution in [2.75, 3.05) is 67.2 Å². The first-order chi connectivity index (χ1) is 13.7. The van der Waals surface area contributed by atoms with Crippen molar-refractivity contribution in [3.8, 4) is 11.5 Å². The van der Waals surface area contributed by atoms with Gasteiger partial charge in [-0.05, 0) is 38.0 Å². The minimum absolute atomic E-state index is 0. The highest BCUT2D eigenvalue weighted by molar-refractivity contribution is 14.0. The molecule has 1 aliphatic rings. The summed E-state index contributed by atoms with van der Waals surface area (Å²) in [6.45, 7) is 9.36. The average molecular weight is 520 g/mol. The van der Waals surface area contributed by atoms with Crippen LogP contribution in [-0.4, -0.2) is 83.0 Å². The number of halogens is 1. The van der Waals surface area contributed by atoms with E-state index in [1.54, 1.807) is 14.2 Å². The zero-order chi connectivity index (χ0) is 20.2. The van der Waals surface area contributed by atoms with Gasteiger partial charge in [0.05, 0.1) is 14.2 Å². The maximum absolute atomic E-state index is 5.51. The van der Waals surface area contributed by atoms with Gasteiger partial charge in [0.1, 0.15) is 11.5 Å². The van der Waals surface area contributed by atoms with Crippen molar-refractivity contribution in [1.29, 1.82) is 0 Å². The number of hydrogen-bond acceptors (Lipinski definition) is 5. The SMILES string of the molecule is CCOCCCCNC(=NC)N1CCN(Cc2cc(OC)ccc2OC)CC1.I. The molecule has 1 heterocycles. The first-order valence-corrected chi connectivity index (χ1v) is 10.2. The van der Waals surface area contributed by atoms with Gasteiger partial charge in [-0.1, -0.05) is 0 Å². The van der Waals surface area contributed by atoms with Crippen LogP contribution in [0.5, 0.6) is 11.5 Å². The number of guanidine groups is 1. The zero-order valence-corrected chi connectivity index (χ0v) is 20.6. The fraction of sp³-hybridized carbons (Fsp3) is 0.667. The van der Waals surface area contributed by atoms with Crippen molar-refractivity contribution < 1.29 is 14.2 Å². The molecule has 166 valence electrons. The van der Waals surface area contributed by atoms with E-state index in [2.05, 4.69) is 26.2 Å². The Morgan fingerprint density at radius 3 is 2.48 bits per heavy atom. The summed E-state index contributed by atoms with van der Waals surface area (Å²) in [4.78, 5) is 9.23. The monoisotopic (exact) mass is 520 g/mol. The lowest BCUT2D eigenvalue weighted by molar-refractivity contribution is 0.143. The predicted octanol–water partition coefficient (Wildman–Crippen LogP) is 2.83. The van der Waals surface area contributed by atoms with Crippen LogP contribution in [-0.2, 0) is 11.3 Å². The standard InChI is InChI=1S/C21H36N4O3.HI/c1-5-28-15-7-6-10-23-21(22-2)25-13-11-24(12-14-25)17-18-16-19(26-3)8-9-20(18)27-4;/h8-9,16H,5-7,10-15,17H2,1-4H3,(H,22,23);1H. The van der Waals surface area contributed by atoms with Gasteiger partial charge in [0.2, 0.25) is 0 Å². The summed E-state index contributed by atoms with van der Waals surface area (Å²) < 4.78 is 16.3. The minimum atomic E-state index is 0. The molecule has 1 aromatic rings. The molecule has 1 fully saturated rings. The van der Waals surface area contributed by atoms with Gasteiger partial charge in [-0.3, -0.25) is 9.89 Å². The fourth-order valence-electron chi connectivity index (χ4n) is 3.37. The zero-order valence-electron chi connectivity index (χ0n) is 18.3.